The fourth-order valence-electron chi connectivity index (χ4n) is 2.57. The monoisotopic (exact) mass is 290 g/mol. The largest absolute Gasteiger partial charge is 0.372 e. The van der Waals surface area contributed by atoms with Crippen molar-refractivity contribution in [2.24, 2.45) is 0 Å². The van der Waals surface area contributed by atoms with Crippen molar-refractivity contribution in [2.45, 2.75) is 31.8 Å². The molecule has 5 nitrogen and oxygen atoms in total. The molecule has 1 aliphatic rings. The van der Waals surface area contributed by atoms with E-state index in [1.54, 1.807) is 19.2 Å². The first-order valence-corrected chi connectivity index (χ1v) is 7.35. The van der Waals surface area contributed by atoms with Crippen LogP contribution in [0.5, 0.6) is 0 Å². The minimum Gasteiger partial charge on any atom is -0.372 e. The van der Waals surface area contributed by atoms with Gasteiger partial charge in [-0.2, -0.15) is 0 Å². The van der Waals surface area contributed by atoms with E-state index in [4.69, 9.17) is 0 Å². The summed E-state index contributed by atoms with van der Waals surface area (Å²) in [5.74, 6) is -1.03. The second-order valence-electron chi connectivity index (χ2n) is 5.48. The van der Waals surface area contributed by atoms with E-state index in [1.807, 2.05) is 25.1 Å². The van der Waals surface area contributed by atoms with Crippen molar-refractivity contribution in [3.05, 3.63) is 30.3 Å². The predicted octanol–water partition coefficient (Wildman–Crippen LogP) is 1.41. The van der Waals surface area contributed by atoms with E-state index in [-0.39, 0.29) is 6.42 Å². The molecule has 0 aliphatic carbocycles. The van der Waals surface area contributed by atoms with Crippen LogP contribution in [-0.2, 0) is 9.59 Å². The summed E-state index contributed by atoms with van der Waals surface area (Å²) < 4.78 is 0. The van der Waals surface area contributed by atoms with Crippen LogP contribution >= 0.6 is 0 Å². The zero-order valence-corrected chi connectivity index (χ0v) is 12.6. The highest BCUT2D eigenvalue weighted by Gasteiger charge is 2.52. The number of unbranched alkanes of at least 4 members (excludes halogenated alkanes) is 1. The number of likely N-dealkylation sites (N-methyl/N-ethyl adjacent to an activating group) is 1. The predicted molar refractivity (Wildman–Crippen MR) is 80.9 cm³/mol. The van der Waals surface area contributed by atoms with Gasteiger partial charge in [0.25, 0.3) is 11.8 Å². The molecule has 0 bridgehead atoms. The molecule has 21 heavy (non-hydrogen) atoms. The van der Waals surface area contributed by atoms with Gasteiger partial charge in [-0.15, -0.1) is 0 Å². The van der Waals surface area contributed by atoms with E-state index in [0.29, 0.717) is 18.8 Å². The molecule has 114 valence electrons. The Labute approximate surface area is 125 Å². The van der Waals surface area contributed by atoms with Gasteiger partial charge in [0.05, 0.1) is 0 Å². The van der Waals surface area contributed by atoms with Crippen molar-refractivity contribution in [1.82, 2.24) is 4.90 Å². The molecule has 1 saturated heterocycles. The average Bonchev–Trinajstić information content (AvgIpc) is 2.82. The standard InChI is InChI=1S/C16H22N2O3/c1-3-4-11-17(2)14(19)16(21)10-12-18(15(16)20)13-8-6-5-7-9-13/h5-9,21H,3-4,10-12H2,1-2H3/t16-/m0/s1. The number of carbonyl (C=O) groups excluding carboxylic acids is 2. The van der Waals surface area contributed by atoms with Crippen molar-refractivity contribution in [3.8, 4) is 0 Å². The summed E-state index contributed by atoms with van der Waals surface area (Å²) in [5, 5.41) is 10.5. The summed E-state index contributed by atoms with van der Waals surface area (Å²) in [6, 6.07) is 9.12. The van der Waals surface area contributed by atoms with Gasteiger partial charge in [-0.25, -0.2) is 0 Å². The lowest BCUT2D eigenvalue weighted by molar-refractivity contribution is -0.156. The Balaban J connectivity index is 2.14. The highest BCUT2D eigenvalue weighted by molar-refractivity contribution is 6.16. The molecule has 0 radical (unpaired) electrons. The molecule has 0 unspecified atom stereocenters. The SMILES string of the molecule is CCCCN(C)C(=O)[C@@]1(O)CCN(c2ccccc2)C1=O. The van der Waals surface area contributed by atoms with Gasteiger partial charge in [0, 0.05) is 32.2 Å². The lowest BCUT2D eigenvalue weighted by atomic mass is 10.0. The zero-order chi connectivity index (χ0) is 15.5. The Morgan fingerprint density at radius 1 is 1.38 bits per heavy atom. The Morgan fingerprint density at radius 3 is 2.67 bits per heavy atom. The third-order valence-electron chi connectivity index (χ3n) is 3.91. The topological polar surface area (TPSA) is 60.9 Å². The van der Waals surface area contributed by atoms with Crippen molar-refractivity contribution in [1.29, 1.82) is 0 Å². The van der Waals surface area contributed by atoms with Gasteiger partial charge >= 0.3 is 0 Å². The number of anilines is 1. The van der Waals surface area contributed by atoms with E-state index in [1.165, 1.54) is 9.80 Å². The van der Waals surface area contributed by atoms with Crippen LogP contribution in [0, 0.1) is 0 Å². The molecule has 0 aromatic heterocycles. The Bertz CT molecular complexity index is 518. The molecule has 5 heteroatoms. The van der Waals surface area contributed by atoms with Crippen LogP contribution in [0.1, 0.15) is 26.2 Å². The van der Waals surface area contributed by atoms with E-state index >= 15 is 0 Å². The molecule has 1 aromatic carbocycles. The van der Waals surface area contributed by atoms with Crippen LogP contribution < -0.4 is 4.90 Å². The molecule has 1 N–H and O–H groups in total. The van der Waals surface area contributed by atoms with Crippen LogP contribution in [0.2, 0.25) is 0 Å². The van der Waals surface area contributed by atoms with Crippen LogP contribution in [0.3, 0.4) is 0 Å². The van der Waals surface area contributed by atoms with Crippen LogP contribution in [0.4, 0.5) is 5.69 Å². The number of para-hydroxylation sites is 1. The number of nitrogens with zero attached hydrogens (tertiary/aromatic N) is 2. The van der Waals surface area contributed by atoms with Gasteiger partial charge < -0.3 is 14.9 Å². The second-order valence-corrected chi connectivity index (χ2v) is 5.48. The summed E-state index contributed by atoms with van der Waals surface area (Å²) in [4.78, 5) is 27.8. The normalized spacial score (nSPS) is 21.7. The maximum absolute atomic E-state index is 12.5. The lowest BCUT2D eigenvalue weighted by Crippen LogP contribution is -2.53. The number of carbonyl (C=O) groups is 2. The first-order chi connectivity index (χ1) is 10.0. The third-order valence-corrected chi connectivity index (χ3v) is 3.91. The summed E-state index contributed by atoms with van der Waals surface area (Å²) in [6.07, 6.45) is 1.95. The number of amides is 2. The molecule has 1 aromatic rings. The minimum absolute atomic E-state index is 0.135. The smallest absolute Gasteiger partial charge is 0.268 e. The van der Waals surface area contributed by atoms with Crippen LogP contribution in [0.15, 0.2) is 30.3 Å². The minimum atomic E-state index is -1.92. The van der Waals surface area contributed by atoms with Gasteiger partial charge in [0.2, 0.25) is 5.60 Å². The van der Waals surface area contributed by atoms with Crippen LogP contribution in [0.25, 0.3) is 0 Å². The van der Waals surface area contributed by atoms with Crippen molar-refractivity contribution in [2.75, 3.05) is 25.0 Å². The quantitative estimate of drug-likeness (QED) is 0.834. The van der Waals surface area contributed by atoms with E-state index < -0.39 is 17.4 Å². The Kier molecular flexibility index (Phi) is 4.63. The van der Waals surface area contributed by atoms with E-state index in [9.17, 15) is 14.7 Å². The molecular formula is C16H22N2O3. The van der Waals surface area contributed by atoms with Crippen LogP contribution in [-0.4, -0.2) is 47.6 Å². The molecule has 1 heterocycles. The number of benzene rings is 1. The number of aliphatic hydroxyl groups is 1. The van der Waals surface area contributed by atoms with Gasteiger partial charge in [-0.05, 0) is 18.6 Å². The van der Waals surface area contributed by atoms with Crippen molar-refractivity contribution < 1.29 is 14.7 Å². The maximum atomic E-state index is 12.5. The van der Waals surface area contributed by atoms with E-state index in [2.05, 4.69) is 0 Å². The van der Waals surface area contributed by atoms with Gasteiger partial charge in [0.1, 0.15) is 0 Å². The first-order valence-electron chi connectivity index (χ1n) is 7.35. The maximum Gasteiger partial charge on any atom is 0.268 e. The summed E-state index contributed by atoms with van der Waals surface area (Å²) in [6.45, 7) is 2.94. The second kappa shape index (κ2) is 6.26. The molecule has 2 amide bonds. The number of hydrogen-bond acceptors (Lipinski definition) is 3. The van der Waals surface area contributed by atoms with Gasteiger partial charge in [-0.3, -0.25) is 9.59 Å². The highest BCUT2D eigenvalue weighted by Crippen LogP contribution is 2.29. The molecular weight excluding hydrogens is 268 g/mol. The van der Waals surface area contributed by atoms with Gasteiger partial charge in [0.15, 0.2) is 0 Å². The molecule has 1 fully saturated rings. The Morgan fingerprint density at radius 2 is 2.05 bits per heavy atom. The summed E-state index contributed by atoms with van der Waals surface area (Å²) in [5.41, 5.74) is -1.21. The van der Waals surface area contributed by atoms with Gasteiger partial charge in [-0.1, -0.05) is 31.5 Å². The molecule has 2 rings (SSSR count). The fourth-order valence-corrected chi connectivity index (χ4v) is 2.57. The molecule has 1 atom stereocenters. The molecule has 0 saturated carbocycles. The lowest BCUT2D eigenvalue weighted by Gasteiger charge is -2.26. The number of rotatable bonds is 5. The molecule has 0 spiro atoms. The summed E-state index contributed by atoms with van der Waals surface area (Å²) >= 11 is 0. The average molecular weight is 290 g/mol. The summed E-state index contributed by atoms with van der Waals surface area (Å²) in [7, 11) is 1.63. The zero-order valence-electron chi connectivity index (χ0n) is 12.6. The third kappa shape index (κ3) is 2.93. The van der Waals surface area contributed by atoms with Crippen molar-refractivity contribution in [3.63, 3.8) is 0 Å². The van der Waals surface area contributed by atoms with E-state index in [0.717, 1.165) is 12.8 Å². The fraction of sp³-hybridized carbons (Fsp3) is 0.500. The first kappa shape index (κ1) is 15.5. The number of hydrogen-bond donors (Lipinski definition) is 1. The Hall–Kier alpha value is -1.88. The highest BCUT2D eigenvalue weighted by atomic mass is 16.3. The van der Waals surface area contributed by atoms with Crippen molar-refractivity contribution >= 4 is 17.5 Å². The molecule has 1 aliphatic heterocycles.